The third-order valence-corrected chi connectivity index (χ3v) is 6.66. The number of nitrogens with zero attached hydrogens (tertiary/aromatic N) is 2. The summed E-state index contributed by atoms with van der Waals surface area (Å²) in [6.07, 6.45) is 9.30. The second-order valence-corrected chi connectivity index (χ2v) is 13.3. The number of amides is 1. The Labute approximate surface area is 152 Å². The molecule has 0 spiro atoms. The van der Waals surface area contributed by atoms with Crippen LogP contribution in [0.3, 0.4) is 0 Å². The molecule has 1 unspecified atom stereocenters. The van der Waals surface area contributed by atoms with Gasteiger partial charge in [-0.25, -0.2) is 9.97 Å². The standard InChI is InChI=1S/C17H24N4O2SSi/c1-25(2,3)15-11-19-14(23-15)7-6-13-10-20-17(24-13)21-16(22)12-5-4-8-18-9-12/h6-7,10-12,18H,4-5,8-9H2,1-3H3,(H,20,21,22). The first-order valence-electron chi connectivity index (χ1n) is 8.53. The van der Waals surface area contributed by atoms with Gasteiger partial charge >= 0.3 is 0 Å². The summed E-state index contributed by atoms with van der Waals surface area (Å²) in [5.74, 6) is 0.679. The Morgan fingerprint density at radius 3 is 2.88 bits per heavy atom. The van der Waals surface area contributed by atoms with Crippen LogP contribution in [0, 0.1) is 5.92 Å². The summed E-state index contributed by atoms with van der Waals surface area (Å²) in [7, 11) is -1.48. The SMILES string of the molecule is C[Si](C)(C)c1cnc(C=Cc2cnc(NC(=O)C3CCCNC3)s2)o1. The zero-order valence-corrected chi connectivity index (χ0v) is 16.7. The van der Waals surface area contributed by atoms with Crippen LogP contribution in [-0.2, 0) is 4.79 Å². The number of hydrogen-bond acceptors (Lipinski definition) is 6. The highest BCUT2D eigenvalue weighted by Gasteiger charge is 2.22. The van der Waals surface area contributed by atoms with Gasteiger partial charge in [0.1, 0.15) is 13.5 Å². The number of piperidine rings is 1. The Kier molecular flexibility index (Phi) is 5.50. The van der Waals surface area contributed by atoms with Crippen LogP contribution < -0.4 is 16.0 Å². The van der Waals surface area contributed by atoms with Crippen LogP contribution in [0.2, 0.25) is 19.6 Å². The summed E-state index contributed by atoms with van der Waals surface area (Å²) in [6, 6.07) is 0. The Morgan fingerprint density at radius 1 is 1.36 bits per heavy atom. The molecule has 134 valence electrons. The number of rotatable bonds is 5. The van der Waals surface area contributed by atoms with E-state index in [0.717, 1.165) is 36.2 Å². The molecule has 1 fully saturated rings. The lowest BCUT2D eigenvalue weighted by Crippen LogP contribution is -2.37. The molecule has 6 nitrogen and oxygen atoms in total. The Hall–Kier alpha value is -1.77. The Bertz CT molecular complexity index is 757. The lowest BCUT2D eigenvalue weighted by atomic mass is 9.99. The van der Waals surface area contributed by atoms with Gasteiger partial charge in [-0.3, -0.25) is 4.79 Å². The Balaban J connectivity index is 1.59. The molecular weight excluding hydrogens is 352 g/mol. The molecule has 0 bridgehead atoms. The average Bonchev–Trinajstić information content (AvgIpc) is 3.22. The molecule has 3 rings (SSSR count). The first kappa shape index (κ1) is 18.0. The highest BCUT2D eigenvalue weighted by atomic mass is 32.1. The lowest BCUT2D eigenvalue weighted by Gasteiger charge is -2.21. The van der Waals surface area contributed by atoms with E-state index in [9.17, 15) is 4.79 Å². The third-order valence-electron chi connectivity index (χ3n) is 4.07. The topological polar surface area (TPSA) is 80.0 Å². The molecule has 1 saturated heterocycles. The van der Waals surface area contributed by atoms with Crippen molar-refractivity contribution in [3.05, 3.63) is 23.2 Å². The minimum atomic E-state index is -1.48. The number of oxazole rings is 1. The number of nitrogens with one attached hydrogen (secondary N) is 2. The van der Waals surface area contributed by atoms with Gasteiger partial charge < -0.3 is 15.1 Å². The molecule has 1 aliphatic heterocycles. The van der Waals surface area contributed by atoms with Crippen LogP contribution in [0.5, 0.6) is 0 Å². The van der Waals surface area contributed by atoms with Crippen molar-refractivity contribution in [2.75, 3.05) is 18.4 Å². The summed E-state index contributed by atoms with van der Waals surface area (Å²) in [5, 5.41) is 7.79. The molecule has 1 atom stereocenters. The highest BCUT2D eigenvalue weighted by Crippen LogP contribution is 2.22. The van der Waals surface area contributed by atoms with Crippen LogP contribution in [-0.4, -0.2) is 37.0 Å². The fourth-order valence-corrected chi connectivity index (χ4v) is 4.15. The monoisotopic (exact) mass is 376 g/mol. The first-order valence-corrected chi connectivity index (χ1v) is 12.9. The molecule has 2 aromatic heterocycles. The van der Waals surface area contributed by atoms with E-state index in [0.29, 0.717) is 11.0 Å². The van der Waals surface area contributed by atoms with Gasteiger partial charge in [0.15, 0.2) is 5.13 Å². The van der Waals surface area contributed by atoms with E-state index >= 15 is 0 Å². The minimum Gasteiger partial charge on any atom is -0.447 e. The van der Waals surface area contributed by atoms with Gasteiger partial charge in [0.2, 0.25) is 11.8 Å². The van der Waals surface area contributed by atoms with Crippen molar-refractivity contribution in [3.8, 4) is 0 Å². The van der Waals surface area contributed by atoms with Crippen molar-refractivity contribution < 1.29 is 9.21 Å². The number of aromatic nitrogens is 2. The van der Waals surface area contributed by atoms with Crippen molar-refractivity contribution in [1.82, 2.24) is 15.3 Å². The predicted molar refractivity (Wildman–Crippen MR) is 105 cm³/mol. The van der Waals surface area contributed by atoms with Gasteiger partial charge in [0.25, 0.3) is 0 Å². The zero-order valence-electron chi connectivity index (χ0n) is 14.8. The van der Waals surface area contributed by atoms with Crippen LogP contribution >= 0.6 is 11.3 Å². The van der Waals surface area contributed by atoms with Crippen molar-refractivity contribution in [3.63, 3.8) is 0 Å². The lowest BCUT2D eigenvalue weighted by molar-refractivity contribution is -0.120. The van der Waals surface area contributed by atoms with Crippen LogP contribution in [0.4, 0.5) is 5.13 Å². The molecule has 2 aromatic rings. The smallest absolute Gasteiger partial charge is 0.230 e. The zero-order chi connectivity index (χ0) is 17.9. The van der Waals surface area contributed by atoms with E-state index in [1.807, 2.05) is 18.3 Å². The predicted octanol–water partition coefficient (Wildman–Crippen LogP) is 2.78. The summed E-state index contributed by atoms with van der Waals surface area (Å²) in [6.45, 7) is 8.41. The number of carbonyl (C=O) groups is 1. The third kappa shape index (κ3) is 4.87. The number of anilines is 1. The molecule has 3 heterocycles. The maximum atomic E-state index is 12.2. The summed E-state index contributed by atoms with van der Waals surface area (Å²) in [4.78, 5) is 21.8. The average molecular weight is 377 g/mol. The fraction of sp³-hybridized carbons (Fsp3) is 0.471. The highest BCUT2D eigenvalue weighted by molar-refractivity contribution is 7.16. The molecule has 0 aliphatic carbocycles. The summed E-state index contributed by atoms with van der Waals surface area (Å²) < 4.78 is 5.79. The van der Waals surface area contributed by atoms with Crippen LogP contribution in [0.1, 0.15) is 23.6 Å². The molecule has 0 radical (unpaired) electrons. The summed E-state index contributed by atoms with van der Waals surface area (Å²) in [5.41, 5.74) is 0. The van der Waals surface area contributed by atoms with Gasteiger partial charge in [0, 0.05) is 23.7 Å². The minimum absolute atomic E-state index is 0.0314. The van der Waals surface area contributed by atoms with Gasteiger partial charge in [-0.15, -0.1) is 0 Å². The van der Waals surface area contributed by atoms with E-state index in [4.69, 9.17) is 4.42 Å². The van der Waals surface area contributed by atoms with Crippen LogP contribution in [0.25, 0.3) is 12.2 Å². The maximum absolute atomic E-state index is 12.2. The van der Waals surface area contributed by atoms with Crippen molar-refractivity contribution in [1.29, 1.82) is 0 Å². The number of hydrogen-bond donors (Lipinski definition) is 2. The maximum Gasteiger partial charge on any atom is 0.230 e. The number of carbonyl (C=O) groups excluding carboxylic acids is 1. The van der Waals surface area contributed by atoms with Crippen LogP contribution in [0.15, 0.2) is 16.8 Å². The van der Waals surface area contributed by atoms with Gasteiger partial charge in [-0.05, 0) is 25.5 Å². The van der Waals surface area contributed by atoms with Crippen molar-refractivity contribution in [2.24, 2.45) is 5.92 Å². The molecule has 25 heavy (non-hydrogen) atoms. The van der Waals surface area contributed by atoms with E-state index in [2.05, 4.69) is 40.2 Å². The van der Waals surface area contributed by atoms with E-state index in [1.165, 1.54) is 11.3 Å². The molecular formula is C17H24N4O2SSi. The van der Waals surface area contributed by atoms with Gasteiger partial charge in [-0.1, -0.05) is 31.0 Å². The van der Waals surface area contributed by atoms with E-state index in [1.54, 1.807) is 6.20 Å². The second-order valence-electron chi connectivity index (χ2n) is 7.25. The molecule has 1 aliphatic rings. The fourth-order valence-electron chi connectivity index (χ4n) is 2.57. The van der Waals surface area contributed by atoms with Gasteiger partial charge in [0.05, 0.1) is 12.1 Å². The van der Waals surface area contributed by atoms with E-state index < -0.39 is 8.07 Å². The second kappa shape index (κ2) is 7.63. The normalized spacial score (nSPS) is 18.6. The molecule has 0 saturated carbocycles. The van der Waals surface area contributed by atoms with Crippen molar-refractivity contribution in [2.45, 2.75) is 32.5 Å². The van der Waals surface area contributed by atoms with Crippen molar-refractivity contribution >= 4 is 48.0 Å². The Morgan fingerprint density at radius 2 is 2.20 bits per heavy atom. The molecule has 8 heteroatoms. The van der Waals surface area contributed by atoms with Gasteiger partial charge in [-0.2, -0.15) is 0 Å². The molecule has 0 aromatic carbocycles. The largest absolute Gasteiger partial charge is 0.447 e. The van der Waals surface area contributed by atoms with E-state index in [-0.39, 0.29) is 11.8 Å². The first-order chi connectivity index (χ1) is 11.9. The quantitative estimate of drug-likeness (QED) is 0.785. The molecule has 1 amide bonds. The number of thiazole rings is 1. The molecule has 2 N–H and O–H groups in total. The summed E-state index contributed by atoms with van der Waals surface area (Å²) >= 11 is 1.45.